The number of carbonyl (C=O) groups excluding carboxylic acids is 1. The molecule has 0 bridgehead atoms. The van der Waals surface area contributed by atoms with Gasteiger partial charge in [0.15, 0.2) is 0 Å². The van der Waals surface area contributed by atoms with Crippen LogP contribution < -0.4 is 5.32 Å². The van der Waals surface area contributed by atoms with Gasteiger partial charge in [-0.05, 0) is 30.3 Å². The van der Waals surface area contributed by atoms with Crippen LogP contribution in [0.3, 0.4) is 0 Å². The van der Waals surface area contributed by atoms with Gasteiger partial charge in [-0.25, -0.2) is 4.98 Å². The number of nitrogens with zero attached hydrogens (tertiary/aromatic N) is 2. The van der Waals surface area contributed by atoms with Crippen LogP contribution in [0.25, 0.3) is 0 Å². The standard InChI is InChI=1S/C13H7Cl2N3O/c14-10-4-3-8(7-16)6-11(10)18-13(19)9-2-1-5-17-12(9)15/h1-6H,(H,18,19). The second-order valence-electron chi connectivity index (χ2n) is 3.60. The topological polar surface area (TPSA) is 65.8 Å². The molecule has 0 aliphatic carbocycles. The summed E-state index contributed by atoms with van der Waals surface area (Å²) in [5, 5.41) is 11.9. The molecule has 4 nitrogen and oxygen atoms in total. The van der Waals surface area contributed by atoms with E-state index in [2.05, 4.69) is 10.3 Å². The number of hydrogen-bond acceptors (Lipinski definition) is 3. The van der Waals surface area contributed by atoms with Crippen LogP contribution in [0, 0.1) is 11.3 Å². The molecule has 1 aromatic carbocycles. The van der Waals surface area contributed by atoms with Gasteiger partial charge in [-0.2, -0.15) is 5.26 Å². The number of aromatic nitrogens is 1. The third kappa shape index (κ3) is 3.02. The number of nitriles is 1. The summed E-state index contributed by atoms with van der Waals surface area (Å²) in [6.45, 7) is 0. The number of benzene rings is 1. The first-order valence-electron chi connectivity index (χ1n) is 5.23. The van der Waals surface area contributed by atoms with Crippen molar-refractivity contribution in [1.29, 1.82) is 5.26 Å². The largest absolute Gasteiger partial charge is 0.320 e. The van der Waals surface area contributed by atoms with Crippen molar-refractivity contribution >= 4 is 34.8 Å². The van der Waals surface area contributed by atoms with E-state index in [1.54, 1.807) is 24.3 Å². The monoisotopic (exact) mass is 291 g/mol. The van der Waals surface area contributed by atoms with Gasteiger partial charge < -0.3 is 5.32 Å². The number of pyridine rings is 1. The zero-order valence-electron chi connectivity index (χ0n) is 9.52. The van der Waals surface area contributed by atoms with Gasteiger partial charge in [0.1, 0.15) is 5.15 Å². The quantitative estimate of drug-likeness (QED) is 0.861. The van der Waals surface area contributed by atoms with E-state index in [1.165, 1.54) is 12.3 Å². The molecule has 6 heteroatoms. The normalized spacial score (nSPS) is 9.74. The highest BCUT2D eigenvalue weighted by Crippen LogP contribution is 2.24. The highest BCUT2D eigenvalue weighted by molar-refractivity contribution is 6.35. The van der Waals surface area contributed by atoms with Crippen molar-refractivity contribution in [2.24, 2.45) is 0 Å². The summed E-state index contributed by atoms with van der Waals surface area (Å²) in [4.78, 5) is 15.8. The fraction of sp³-hybridized carbons (Fsp3) is 0. The van der Waals surface area contributed by atoms with Crippen molar-refractivity contribution in [2.45, 2.75) is 0 Å². The molecule has 1 N–H and O–H groups in total. The maximum absolute atomic E-state index is 12.0. The van der Waals surface area contributed by atoms with E-state index in [-0.39, 0.29) is 10.7 Å². The Bertz CT molecular complexity index is 680. The van der Waals surface area contributed by atoms with Crippen molar-refractivity contribution in [2.75, 3.05) is 5.32 Å². The Morgan fingerprint density at radius 1 is 1.32 bits per heavy atom. The van der Waals surface area contributed by atoms with Crippen LogP contribution in [0.1, 0.15) is 15.9 Å². The minimum absolute atomic E-state index is 0.104. The van der Waals surface area contributed by atoms with Crippen LogP contribution in [0.2, 0.25) is 10.2 Å². The Morgan fingerprint density at radius 3 is 2.79 bits per heavy atom. The van der Waals surface area contributed by atoms with Gasteiger partial charge in [-0.1, -0.05) is 23.2 Å². The van der Waals surface area contributed by atoms with Gasteiger partial charge in [0.05, 0.1) is 27.9 Å². The highest BCUT2D eigenvalue weighted by Gasteiger charge is 2.12. The SMILES string of the molecule is N#Cc1ccc(Cl)c(NC(=O)c2cccnc2Cl)c1. The Balaban J connectivity index is 2.30. The molecule has 0 spiro atoms. The lowest BCUT2D eigenvalue weighted by molar-refractivity contribution is 0.102. The summed E-state index contributed by atoms with van der Waals surface area (Å²) in [6, 6.07) is 9.72. The maximum atomic E-state index is 12.0. The van der Waals surface area contributed by atoms with Crippen molar-refractivity contribution < 1.29 is 4.79 Å². The molecular formula is C13H7Cl2N3O. The number of rotatable bonds is 2. The van der Waals surface area contributed by atoms with Crippen LogP contribution in [0.15, 0.2) is 36.5 Å². The van der Waals surface area contributed by atoms with E-state index in [1.807, 2.05) is 6.07 Å². The predicted molar refractivity (Wildman–Crippen MR) is 73.4 cm³/mol. The predicted octanol–water partition coefficient (Wildman–Crippen LogP) is 3.51. The number of halogens is 2. The summed E-state index contributed by atoms with van der Waals surface area (Å²) in [7, 11) is 0. The molecule has 0 aliphatic rings. The number of amides is 1. The third-order valence-electron chi connectivity index (χ3n) is 2.35. The minimum Gasteiger partial charge on any atom is -0.320 e. The molecule has 1 aromatic heterocycles. The van der Waals surface area contributed by atoms with Crippen LogP contribution in [-0.2, 0) is 0 Å². The molecule has 0 radical (unpaired) electrons. The molecular weight excluding hydrogens is 285 g/mol. The average Bonchev–Trinajstić information content (AvgIpc) is 2.41. The first-order valence-corrected chi connectivity index (χ1v) is 5.99. The van der Waals surface area contributed by atoms with E-state index < -0.39 is 5.91 Å². The molecule has 0 saturated heterocycles. The fourth-order valence-corrected chi connectivity index (χ4v) is 1.81. The van der Waals surface area contributed by atoms with Crippen LogP contribution in [0.5, 0.6) is 0 Å². The number of nitrogens with one attached hydrogen (secondary N) is 1. The molecule has 19 heavy (non-hydrogen) atoms. The summed E-state index contributed by atoms with van der Waals surface area (Å²) in [5.74, 6) is -0.435. The van der Waals surface area contributed by atoms with Gasteiger partial charge >= 0.3 is 0 Å². The molecule has 0 unspecified atom stereocenters. The average molecular weight is 292 g/mol. The second-order valence-corrected chi connectivity index (χ2v) is 4.37. The van der Waals surface area contributed by atoms with Crippen LogP contribution in [0.4, 0.5) is 5.69 Å². The Morgan fingerprint density at radius 2 is 2.11 bits per heavy atom. The molecule has 2 rings (SSSR count). The van der Waals surface area contributed by atoms with E-state index >= 15 is 0 Å². The Hall–Kier alpha value is -2.09. The van der Waals surface area contributed by atoms with Gasteiger partial charge in [0.2, 0.25) is 0 Å². The fourth-order valence-electron chi connectivity index (χ4n) is 1.44. The molecule has 0 fully saturated rings. The molecule has 0 aliphatic heterocycles. The van der Waals surface area contributed by atoms with Gasteiger partial charge in [0, 0.05) is 6.20 Å². The first-order chi connectivity index (χ1) is 9.11. The highest BCUT2D eigenvalue weighted by atomic mass is 35.5. The smallest absolute Gasteiger partial charge is 0.258 e. The Labute approximate surface area is 119 Å². The molecule has 0 atom stereocenters. The summed E-state index contributed by atoms with van der Waals surface area (Å²) in [6.07, 6.45) is 1.49. The van der Waals surface area contributed by atoms with Gasteiger partial charge in [-0.15, -0.1) is 0 Å². The molecule has 1 heterocycles. The minimum atomic E-state index is -0.435. The number of anilines is 1. The van der Waals surface area contributed by atoms with E-state index in [0.717, 1.165) is 0 Å². The molecule has 2 aromatic rings. The van der Waals surface area contributed by atoms with Gasteiger partial charge in [-0.3, -0.25) is 4.79 Å². The summed E-state index contributed by atoms with van der Waals surface area (Å²) >= 11 is 11.8. The number of hydrogen-bond donors (Lipinski definition) is 1. The zero-order valence-corrected chi connectivity index (χ0v) is 11.0. The molecule has 0 saturated carbocycles. The van der Waals surface area contributed by atoms with E-state index in [9.17, 15) is 4.79 Å². The number of carbonyl (C=O) groups is 1. The maximum Gasteiger partial charge on any atom is 0.258 e. The summed E-state index contributed by atoms with van der Waals surface area (Å²) in [5.41, 5.74) is 0.991. The molecule has 1 amide bonds. The second kappa shape index (κ2) is 5.70. The lowest BCUT2D eigenvalue weighted by Crippen LogP contribution is -2.13. The summed E-state index contributed by atoms with van der Waals surface area (Å²) < 4.78 is 0. The van der Waals surface area contributed by atoms with Crippen LogP contribution in [-0.4, -0.2) is 10.9 Å². The van der Waals surface area contributed by atoms with Crippen molar-refractivity contribution in [3.05, 3.63) is 57.8 Å². The Kier molecular flexibility index (Phi) is 4.00. The van der Waals surface area contributed by atoms with Crippen LogP contribution >= 0.6 is 23.2 Å². The first kappa shape index (κ1) is 13.3. The van der Waals surface area contributed by atoms with E-state index in [4.69, 9.17) is 28.5 Å². The van der Waals surface area contributed by atoms with Crippen molar-refractivity contribution in [3.63, 3.8) is 0 Å². The molecule has 94 valence electrons. The van der Waals surface area contributed by atoms with Gasteiger partial charge in [0.25, 0.3) is 5.91 Å². The van der Waals surface area contributed by atoms with E-state index in [0.29, 0.717) is 16.3 Å². The van der Waals surface area contributed by atoms with Crippen molar-refractivity contribution in [3.8, 4) is 6.07 Å². The zero-order chi connectivity index (χ0) is 13.8. The lowest BCUT2D eigenvalue weighted by Gasteiger charge is -2.08. The van der Waals surface area contributed by atoms with Crippen molar-refractivity contribution in [1.82, 2.24) is 4.98 Å². The third-order valence-corrected chi connectivity index (χ3v) is 2.98. The lowest BCUT2D eigenvalue weighted by atomic mass is 10.2.